The SMILES string of the molecule is C[C@H]1OCCN[C@@H]1C(=O)Nc1cccc(OCc2ccc(F)cc2)c1. The van der Waals surface area contributed by atoms with E-state index >= 15 is 0 Å². The van der Waals surface area contributed by atoms with Crippen molar-refractivity contribution in [1.29, 1.82) is 0 Å². The van der Waals surface area contributed by atoms with Crippen molar-refractivity contribution in [3.05, 3.63) is 59.9 Å². The molecule has 1 aliphatic heterocycles. The second kappa shape index (κ2) is 8.09. The van der Waals surface area contributed by atoms with E-state index in [1.165, 1.54) is 12.1 Å². The number of hydrogen-bond donors (Lipinski definition) is 2. The molecule has 1 saturated heterocycles. The van der Waals surface area contributed by atoms with Gasteiger partial charge in [0.2, 0.25) is 5.91 Å². The minimum atomic E-state index is -0.377. The Morgan fingerprint density at radius 1 is 1.32 bits per heavy atom. The highest BCUT2D eigenvalue weighted by Crippen LogP contribution is 2.19. The number of halogens is 1. The molecule has 1 aliphatic rings. The van der Waals surface area contributed by atoms with Crippen molar-refractivity contribution >= 4 is 11.6 Å². The first-order chi connectivity index (χ1) is 12.1. The third kappa shape index (κ3) is 4.78. The number of nitrogens with one attached hydrogen (secondary N) is 2. The monoisotopic (exact) mass is 344 g/mol. The molecule has 6 heteroatoms. The third-order valence-corrected chi connectivity index (χ3v) is 4.02. The Bertz CT molecular complexity index is 721. The van der Waals surface area contributed by atoms with Gasteiger partial charge in [0, 0.05) is 18.3 Å². The van der Waals surface area contributed by atoms with E-state index in [0.717, 1.165) is 5.56 Å². The van der Waals surface area contributed by atoms with Crippen LogP contribution in [0, 0.1) is 5.82 Å². The van der Waals surface area contributed by atoms with E-state index in [1.807, 2.05) is 19.1 Å². The van der Waals surface area contributed by atoms with Gasteiger partial charge in [-0.15, -0.1) is 0 Å². The number of ether oxygens (including phenoxy) is 2. The van der Waals surface area contributed by atoms with Crippen molar-refractivity contribution in [3.8, 4) is 5.75 Å². The fraction of sp³-hybridized carbons (Fsp3) is 0.316. The van der Waals surface area contributed by atoms with Crippen LogP contribution in [0.15, 0.2) is 48.5 Å². The second-order valence-electron chi connectivity index (χ2n) is 5.94. The second-order valence-corrected chi connectivity index (χ2v) is 5.94. The molecule has 2 atom stereocenters. The number of rotatable bonds is 5. The van der Waals surface area contributed by atoms with E-state index in [1.54, 1.807) is 24.3 Å². The van der Waals surface area contributed by atoms with Gasteiger partial charge in [-0.3, -0.25) is 4.79 Å². The van der Waals surface area contributed by atoms with E-state index in [0.29, 0.717) is 31.2 Å². The Hall–Kier alpha value is -2.44. The van der Waals surface area contributed by atoms with Gasteiger partial charge in [0.15, 0.2) is 0 Å². The zero-order valence-electron chi connectivity index (χ0n) is 14.0. The molecule has 0 bridgehead atoms. The minimum Gasteiger partial charge on any atom is -0.489 e. The smallest absolute Gasteiger partial charge is 0.244 e. The third-order valence-electron chi connectivity index (χ3n) is 4.02. The van der Waals surface area contributed by atoms with Crippen LogP contribution in [-0.2, 0) is 16.1 Å². The minimum absolute atomic E-state index is 0.136. The number of benzene rings is 2. The molecule has 2 aromatic carbocycles. The molecule has 0 aromatic heterocycles. The number of amides is 1. The summed E-state index contributed by atoms with van der Waals surface area (Å²) in [6.45, 7) is 3.46. The fourth-order valence-electron chi connectivity index (χ4n) is 2.66. The molecule has 3 rings (SSSR count). The summed E-state index contributed by atoms with van der Waals surface area (Å²) in [7, 11) is 0. The van der Waals surface area contributed by atoms with Crippen molar-refractivity contribution in [2.24, 2.45) is 0 Å². The van der Waals surface area contributed by atoms with Crippen LogP contribution >= 0.6 is 0 Å². The normalized spacial score (nSPS) is 20.1. The predicted molar refractivity (Wildman–Crippen MR) is 93.0 cm³/mol. The van der Waals surface area contributed by atoms with Gasteiger partial charge in [0.05, 0.1) is 12.7 Å². The Morgan fingerprint density at radius 2 is 2.12 bits per heavy atom. The van der Waals surface area contributed by atoms with Crippen molar-refractivity contribution < 1.29 is 18.7 Å². The van der Waals surface area contributed by atoms with E-state index in [4.69, 9.17) is 9.47 Å². The van der Waals surface area contributed by atoms with E-state index in [-0.39, 0.29) is 23.9 Å². The topological polar surface area (TPSA) is 59.6 Å². The van der Waals surface area contributed by atoms with E-state index in [9.17, 15) is 9.18 Å². The summed E-state index contributed by atoms with van der Waals surface area (Å²) in [6, 6.07) is 13.0. The Balaban J connectivity index is 1.59. The molecule has 0 saturated carbocycles. The first-order valence-electron chi connectivity index (χ1n) is 8.25. The maximum atomic E-state index is 12.9. The lowest BCUT2D eigenvalue weighted by Crippen LogP contribution is -2.53. The highest BCUT2D eigenvalue weighted by molar-refractivity contribution is 5.95. The average molecular weight is 344 g/mol. The molecule has 0 spiro atoms. The maximum absolute atomic E-state index is 12.9. The van der Waals surface area contributed by atoms with Crippen LogP contribution in [0.1, 0.15) is 12.5 Å². The van der Waals surface area contributed by atoms with Crippen LogP contribution in [-0.4, -0.2) is 31.2 Å². The molecule has 2 aromatic rings. The molecule has 132 valence electrons. The fourth-order valence-corrected chi connectivity index (χ4v) is 2.66. The lowest BCUT2D eigenvalue weighted by Gasteiger charge is -2.29. The van der Waals surface area contributed by atoms with Crippen molar-refractivity contribution in [1.82, 2.24) is 5.32 Å². The van der Waals surface area contributed by atoms with Gasteiger partial charge >= 0.3 is 0 Å². The zero-order chi connectivity index (χ0) is 17.6. The number of carbonyl (C=O) groups is 1. The highest BCUT2D eigenvalue weighted by Gasteiger charge is 2.28. The van der Waals surface area contributed by atoms with Gasteiger partial charge in [0.1, 0.15) is 24.2 Å². The standard InChI is InChI=1S/C19H21FN2O3/c1-13-18(21-9-10-24-13)19(23)22-16-3-2-4-17(11-16)25-12-14-5-7-15(20)8-6-14/h2-8,11,13,18,21H,9-10,12H2,1H3,(H,22,23)/t13-,18+/m1/s1. The largest absolute Gasteiger partial charge is 0.489 e. The summed E-state index contributed by atoms with van der Waals surface area (Å²) in [5, 5.41) is 6.03. The summed E-state index contributed by atoms with van der Waals surface area (Å²) < 4.78 is 24.1. The summed E-state index contributed by atoms with van der Waals surface area (Å²) in [5.74, 6) is 0.217. The van der Waals surface area contributed by atoms with Gasteiger partial charge < -0.3 is 20.1 Å². The first-order valence-corrected chi connectivity index (χ1v) is 8.25. The zero-order valence-corrected chi connectivity index (χ0v) is 14.0. The van der Waals surface area contributed by atoms with Crippen molar-refractivity contribution in [2.45, 2.75) is 25.7 Å². The highest BCUT2D eigenvalue weighted by atomic mass is 19.1. The van der Waals surface area contributed by atoms with Crippen LogP contribution in [0.3, 0.4) is 0 Å². The van der Waals surface area contributed by atoms with Crippen molar-refractivity contribution in [2.75, 3.05) is 18.5 Å². The molecule has 0 radical (unpaired) electrons. The molecule has 2 N–H and O–H groups in total. The van der Waals surface area contributed by atoms with Crippen LogP contribution in [0.25, 0.3) is 0 Å². The van der Waals surface area contributed by atoms with Crippen LogP contribution < -0.4 is 15.4 Å². The lowest BCUT2D eigenvalue weighted by molar-refractivity contribution is -0.123. The lowest BCUT2D eigenvalue weighted by atomic mass is 10.1. The maximum Gasteiger partial charge on any atom is 0.244 e. The molecule has 25 heavy (non-hydrogen) atoms. The number of morpholine rings is 1. The number of hydrogen-bond acceptors (Lipinski definition) is 4. The summed E-state index contributed by atoms with van der Waals surface area (Å²) >= 11 is 0. The van der Waals surface area contributed by atoms with E-state index in [2.05, 4.69) is 10.6 Å². The van der Waals surface area contributed by atoms with Gasteiger partial charge in [-0.1, -0.05) is 18.2 Å². The van der Waals surface area contributed by atoms with Gasteiger partial charge in [-0.05, 0) is 36.8 Å². The first kappa shape index (κ1) is 17.4. The molecular weight excluding hydrogens is 323 g/mol. The molecule has 1 amide bonds. The van der Waals surface area contributed by atoms with Gasteiger partial charge in [-0.2, -0.15) is 0 Å². The van der Waals surface area contributed by atoms with Gasteiger partial charge in [0.25, 0.3) is 0 Å². The summed E-state index contributed by atoms with van der Waals surface area (Å²) in [4.78, 5) is 12.4. The molecule has 5 nitrogen and oxygen atoms in total. The average Bonchev–Trinajstić information content (AvgIpc) is 2.62. The number of anilines is 1. The van der Waals surface area contributed by atoms with Crippen LogP contribution in [0.4, 0.5) is 10.1 Å². The Kier molecular flexibility index (Phi) is 5.63. The van der Waals surface area contributed by atoms with Crippen LogP contribution in [0.2, 0.25) is 0 Å². The van der Waals surface area contributed by atoms with E-state index < -0.39 is 0 Å². The molecule has 0 unspecified atom stereocenters. The molecule has 0 aliphatic carbocycles. The molecule has 1 fully saturated rings. The quantitative estimate of drug-likeness (QED) is 0.876. The molecular formula is C19H21FN2O3. The number of carbonyl (C=O) groups excluding carboxylic acids is 1. The summed E-state index contributed by atoms with van der Waals surface area (Å²) in [5.41, 5.74) is 1.52. The Labute approximate surface area is 146 Å². The van der Waals surface area contributed by atoms with Crippen LogP contribution in [0.5, 0.6) is 5.75 Å². The van der Waals surface area contributed by atoms with Crippen molar-refractivity contribution in [3.63, 3.8) is 0 Å². The Morgan fingerprint density at radius 3 is 2.88 bits per heavy atom. The van der Waals surface area contributed by atoms with Gasteiger partial charge in [-0.25, -0.2) is 4.39 Å². The summed E-state index contributed by atoms with van der Waals surface area (Å²) in [6.07, 6.45) is -0.174. The molecule has 1 heterocycles. The predicted octanol–water partition coefficient (Wildman–Crippen LogP) is 2.72.